The van der Waals surface area contributed by atoms with Crippen LogP contribution >= 0.6 is 11.6 Å². The maximum Gasteiger partial charge on any atom is 0.128 e. The van der Waals surface area contributed by atoms with E-state index in [0.717, 1.165) is 0 Å². The molecule has 0 aliphatic carbocycles. The number of halogens is 2. The van der Waals surface area contributed by atoms with Crippen molar-refractivity contribution in [1.29, 1.82) is 0 Å². The number of alkyl halides is 1. The molecule has 1 aromatic rings. The van der Waals surface area contributed by atoms with E-state index < -0.39 is 5.82 Å². The van der Waals surface area contributed by atoms with Gasteiger partial charge in [0.2, 0.25) is 0 Å². The van der Waals surface area contributed by atoms with E-state index in [-0.39, 0.29) is 30.6 Å². The van der Waals surface area contributed by atoms with Crippen molar-refractivity contribution < 1.29 is 14.6 Å². The van der Waals surface area contributed by atoms with Gasteiger partial charge in [-0.05, 0) is 11.6 Å². The largest absolute Gasteiger partial charge is 0.396 e. The van der Waals surface area contributed by atoms with E-state index >= 15 is 0 Å². The first kappa shape index (κ1) is 11.4. The van der Waals surface area contributed by atoms with Gasteiger partial charge in [-0.15, -0.1) is 11.6 Å². The van der Waals surface area contributed by atoms with Crippen LogP contribution < -0.4 is 0 Å². The summed E-state index contributed by atoms with van der Waals surface area (Å²) < 4.78 is 13.2. The lowest BCUT2D eigenvalue weighted by molar-refractivity contribution is 0.271. The highest BCUT2D eigenvalue weighted by Crippen LogP contribution is 2.19. The van der Waals surface area contributed by atoms with Crippen LogP contribution in [0.1, 0.15) is 17.0 Å². The van der Waals surface area contributed by atoms with Crippen molar-refractivity contribution in [1.82, 2.24) is 0 Å². The Morgan fingerprint density at radius 2 is 2.07 bits per heavy atom. The van der Waals surface area contributed by atoms with Gasteiger partial charge in [0.05, 0.1) is 13.2 Å². The maximum absolute atomic E-state index is 13.2. The molecule has 1 rings (SSSR count). The summed E-state index contributed by atoms with van der Waals surface area (Å²) in [6.07, 6.45) is 0. The third kappa shape index (κ3) is 2.44. The smallest absolute Gasteiger partial charge is 0.128 e. The van der Waals surface area contributed by atoms with Crippen molar-refractivity contribution in [2.24, 2.45) is 0 Å². The highest BCUT2D eigenvalue weighted by Gasteiger charge is 2.11. The Hall–Kier alpha value is -0.640. The van der Waals surface area contributed by atoms with E-state index in [0.29, 0.717) is 5.56 Å². The molecule has 0 aromatic heterocycles. The van der Waals surface area contributed by atoms with Crippen LogP contribution in [0.3, 0.4) is 0 Å². The fraction of sp³-hybridized carbons (Fsp3) is 0.400. The highest BCUT2D eigenvalue weighted by molar-refractivity contribution is 6.18. The number of rotatable bonds is 4. The van der Waals surface area contributed by atoms with Crippen molar-refractivity contribution in [3.05, 3.63) is 35.1 Å². The van der Waals surface area contributed by atoms with Crippen LogP contribution in [0.2, 0.25) is 0 Å². The molecule has 0 radical (unpaired) electrons. The minimum Gasteiger partial charge on any atom is -0.396 e. The van der Waals surface area contributed by atoms with Crippen LogP contribution in [-0.4, -0.2) is 22.7 Å². The van der Waals surface area contributed by atoms with Crippen LogP contribution in [0.5, 0.6) is 0 Å². The molecule has 1 aromatic carbocycles. The zero-order valence-electron chi connectivity index (χ0n) is 7.58. The first-order chi connectivity index (χ1) is 6.72. The average Bonchev–Trinajstić information content (AvgIpc) is 2.20. The third-order valence-electron chi connectivity index (χ3n) is 2.13. The second-order valence-electron chi connectivity index (χ2n) is 3.04. The van der Waals surface area contributed by atoms with Crippen molar-refractivity contribution in [3.8, 4) is 0 Å². The normalized spacial score (nSPS) is 12.9. The summed E-state index contributed by atoms with van der Waals surface area (Å²) in [5.41, 5.74) is 0.900. The van der Waals surface area contributed by atoms with Crippen molar-refractivity contribution >= 4 is 11.6 Å². The maximum atomic E-state index is 13.2. The zero-order chi connectivity index (χ0) is 10.6. The van der Waals surface area contributed by atoms with Gasteiger partial charge < -0.3 is 10.2 Å². The molecule has 2 nitrogen and oxygen atoms in total. The van der Waals surface area contributed by atoms with Crippen molar-refractivity contribution in [2.75, 3.05) is 12.5 Å². The van der Waals surface area contributed by atoms with E-state index in [1.165, 1.54) is 12.1 Å². The Morgan fingerprint density at radius 3 is 2.50 bits per heavy atom. The van der Waals surface area contributed by atoms with Crippen LogP contribution in [0.15, 0.2) is 18.2 Å². The Balaban J connectivity index is 2.95. The molecule has 0 saturated carbocycles. The fourth-order valence-electron chi connectivity index (χ4n) is 1.19. The molecule has 0 aliphatic heterocycles. The topological polar surface area (TPSA) is 40.5 Å². The number of benzene rings is 1. The number of aliphatic hydroxyl groups excluding tert-OH is 2. The predicted octanol–water partition coefficient (Wildman–Crippen LogP) is 1.63. The van der Waals surface area contributed by atoms with Gasteiger partial charge in [-0.25, -0.2) is 4.39 Å². The zero-order valence-corrected chi connectivity index (χ0v) is 8.34. The molecule has 0 bridgehead atoms. The lowest BCUT2D eigenvalue weighted by Gasteiger charge is -2.11. The lowest BCUT2D eigenvalue weighted by atomic mass is 10.0. The molecule has 0 spiro atoms. The van der Waals surface area contributed by atoms with E-state index in [1.54, 1.807) is 6.07 Å². The van der Waals surface area contributed by atoms with Crippen molar-refractivity contribution in [3.63, 3.8) is 0 Å². The van der Waals surface area contributed by atoms with Gasteiger partial charge in [-0.1, -0.05) is 12.1 Å². The van der Waals surface area contributed by atoms with Gasteiger partial charge >= 0.3 is 0 Å². The number of hydrogen-bond acceptors (Lipinski definition) is 2. The molecular formula is C10H12ClFO2. The molecule has 0 saturated heterocycles. The summed E-state index contributed by atoms with van der Waals surface area (Å²) in [7, 11) is 0. The Morgan fingerprint density at radius 1 is 1.36 bits per heavy atom. The van der Waals surface area contributed by atoms with Crippen LogP contribution in [0, 0.1) is 5.82 Å². The second kappa shape index (κ2) is 5.29. The first-order valence-corrected chi connectivity index (χ1v) is 4.82. The second-order valence-corrected chi connectivity index (χ2v) is 3.35. The molecule has 78 valence electrons. The molecule has 0 aliphatic rings. The van der Waals surface area contributed by atoms with E-state index in [1.807, 2.05) is 0 Å². The van der Waals surface area contributed by atoms with Crippen LogP contribution in [0.25, 0.3) is 0 Å². The molecule has 2 N–H and O–H groups in total. The van der Waals surface area contributed by atoms with Gasteiger partial charge in [0.25, 0.3) is 0 Å². The highest BCUT2D eigenvalue weighted by atomic mass is 35.5. The number of hydrogen-bond donors (Lipinski definition) is 2. The van der Waals surface area contributed by atoms with Crippen LogP contribution in [0.4, 0.5) is 4.39 Å². The molecule has 1 atom stereocenters. The monoisotopic (exact) mass is 218 g/mol. The van der Waals surface area contributed by atoms with Gasteiger partial charge in [-0.3, -0.25) is 0 Å². The molecule has 0 fully saturated rings. The Labute approximate surface area is 86.9 Å². The third-order valence-corrected chi connectivity index (χ3v) is 2.50. The van der Waals surface area contributed by atoms with E-state index in [2.05, 4.69) is 0 Å². The Kier molecular flexibility index (Phi) is 4.32. The summed E-state index contributed by atoms with van der Waals surface area (Å²) in [5, 5.41) is 17.7. The summed E-state index contributed by atoms with van der Waals surface area (Å²) >= 11 is 5.60. The van der Waals surface area contributed by atoms with Gasteiger partial charge in [0.15, 0.2) is 0 Å². The summed E-state index contributed by atoms with van der Waals surface area (Å²) in [6, 6.07) is 4.46. The summed E-state index contributed by atoms with van der Waals surface area (Å²) in [4.78, 5) is 0. The fourth-order valence-corrected chi connectivity index (χ4v) is 1.46. The van der Waals surface area contributed by atoms with Crippen LogP contribution in [-0.2, 0) is 6.61 Å². The average molecular weight is 219 g/mol. The predicted molar refractivity (Wildman–Crippen MR) is 52.9 cm³/mol. The minimum absolute atomic E-state index is 0.110. The van der Waals surface area contributed by atoms with E-state index in [9.17, 15) is 4.39 Å². The van der Waals surface area contributed by atoms with Crippen molar-refractivity contribution in [2.45, 2.75) is 12.5 Å². The molecule has 14 heavy (non-hydrogen) atoms. The SMILES string of the molecule is OCc1ccc(C(CO)CCl)cc1F. The summed E-state index contributed by atoms with van der Waals surface area (Å²) in [5.74, 6) is -0.471. The molecule has 0 heterocycles. The quantitative estimate of drug-likeness (QED) is 0.755. The molecular weight excluding hydrogens is 207 g/mol. The van der Waals surface area contributed by atoms with Gasteiger partial charge in [-0.2, -0.15) is 0 Å². The van der Waals surface area contributed by atoms with Gasteiger partial charge in [0, 0.05) is 17.4 Å². The van der Waals surface area contributed by atoms with E-state index in [4.69, 9.17) is 21.8 Å². The number of aliphatic hydroxyl groups is 2. The standard InChI is InChI=1S/C10H12ClFO2/c11-4-9(6-14)7-1-2-8(5-13)10(12)3-7/h1-3,9,13-14H,4-6H2. The minimum atomic E-state index is -0.464. The lowest BCUT2D eigenvalue weighted by Crippen LogP contribution is -2.06. The Bertz CT molecular complexity index is 300. The van der Waals surface area contributed by atoms with Gasteiger partial charge in [0.1, 0.15) is 5.82 Å². The molecule has 0 amide bonds. The summed E-state index contributed by atoms with van der Waals surface area (Å²) in [6.45, 7) is -0.432. The first-order valence-electron chi connectivity index (χ1n) is 4.29. The molecule has 1 unspecified atom stereocenters. The molecule has 4 heteroatoms.